The third kappa shape index (κ3) is 3.69. The van der Waals surface area contributed by atoms with Crippen molar-refractivity contribution >= 4 is 23.3 Å². The van der Waals surface area contributed by atoms with E-state index in [-0.39, 0.29) is 5.91 Å². The highest BCUT2D eigenvalue weighted by Crippen LogP contribution is 2.14. The summed E-state index contributed by atoms with van der Waals surface area (Å²) in [4.78, 5) is 16.0. The molecule has 2 rings (SSSR count). The molecule has 1 aromatic heterocycles. The second-order valence-corrected chi connectivity index (χ2v) is 4.14. The van der Waals surface area contributed by atoms with Gasteiger partial charge in [0.2, 0.25) is 0 Å². The number of benzene rings is 1. The summed E-state index contributed by atoms with van der Waals surface area (Å²) in [6, 6.07) is 12.0. The van der Waals surface area contributed by atoms with Gasteiger partial charge in [0.15, 0.2) is 0 Å². The fourth-order valence-electron chi connectivity index (χ4n) is 1.54. The van der Waals surface area contributed by atoms with Gasteiger partial charge in [0.25, 0.3) is 5.91 Å². The monoisotopic (exact) mass is 276 g/mol. The van der Waals surface area contributed by atoms with E-state index < -0.39 is 0 Å². The number of aromatic nitrogens is 1. The average Bonchev–Trinajstić information content (AvgIpc) is 2.40. The zero-order valence-electron chi connectivity index (χ0n) is 10.4. The van der Waals surface area contributed by atoms with E-state index >= 15 is 0 Å². The highest BCUT2D eigenvalue weighted by Gasteiger charge is 2.07. The van der Waals surface area contributed by atoms with Crippen LogP contribution < -0.4 is 10.1 Å². The van der Waals surface area contributed by atoms with Crippen molar-refractivity contribution in [1.82, 2.24) is 4.98 Å². The molecule has 0 fully saturated rings. The molecular weight excluding hydrogens is 264 g/mol. The highest BCUT2D eigenvalue weighted by atomic mass is 35.5. The van der Waals surface area contributed by atoms with Crippen molar-refractivity contribution in [2.45, 2.75) is 6.92 Å². The van der Waals surface area contributed by atoms with Crippen LogP contribution in [0, 0.1) is 0 Å². The molecule has 0 atom stereocenters. The molecule has 19 heavy (non-hydrogen) atoms. The second kappa shape index (κ2) is 6.20. The zero-order valence-corrected chi connectivity index (χ0v) is 11.1. The normalized spacial score (nSPS) is 10.0. The van der Waals surface area contributed by atoms with Crippen molar-refractivity contribution < 1.29 is 9.53 Å². The van der Waals surface area contributed by atoms with Crippen molar-refractivity contribution in [3.05, 3.63) is 53.2 Å². The molecule has 2 aromatic rings. The van der Waals surface area contributed by atoms with Gasteiger partial charge in [0, 0.05) is 5.56 Å². The van der Waals surface area contributed by atoms with Crippen molar-refractivity contribution in [1.29, 1.82) is 0 Å². The number of carbonyl (C=O) groups excluding carboxylic acids is 1. The Morgan fingerprint density at radius 2 is 2.00 bits per heavy atom. The molecule has 1 amide bonds. The molecule has 1 heterocycles. The minimum absolute atomic E-state index is 0.238. The molecule has 0 saturated heterocycles. The van der Waals surface area contributed by atoms with E-state index in [2.05, 4.69) is 10.3 Å². The smallest absolute Gasteiger partial charge is 0.256 e. The average molecular weight is 277 g/mol. The summed E-state index contributed by atoms with van der Waals surface area (Å²) in [6.07, 6.45) is 0. The molecule has 98 valence electrons. The second-order valence-electron chi connectivity index (χ2n) is 3.76. The van der Waals surface area contributed by atoms with E-state index in [9.17, 15) is 4.79 Å². The quantitative estimate of drug-likeness (QED) is 0.871. The van der Waals surface area contributed by atoms with Gasteiger partial charge < -0.3 is 10.1 Å². The van der Waals surface area contributed by atoms with Crippen LogP contribution in [0.15, 0.2) is 42.5 Å². The number of amides is 1. The maximum atomic E-state index is 12.0. The molecular formula is C14H13ClN2O2. The van der Waals surface area contributed by atoms with Crippen LogP contribution in [0.4, 0.5) is 5.82 Å². The molecule has 0 aliphatic heterocycles. The first-order valence-corrected chi connectivity index (χ1v) is 6.23. The number of nitrogens with one attached hydrogen (secondary N) is 1. The lowest BCUT2D eigenvalue weighted by atomic mass is 10.2. The van der Waals surface area contributed by atoms with Crippen molar-refractivity contribution in [2.24, 2.45) is 0 Å². The molecule has 0 aliphatic carbocycles. The lowest BCUT2D eigenvalue weighted by Crippen LogP contribution is -2.12. The molecule has 0 radical (unpaired) electrons. The van der Waals surface area contributed by atoms with E-state index in [4.69, 9.17) is 16.3 Å². The summed E-state index contributed by atoms with van der Waals surface area (Å²) < 4.78 is 5.31. The first-order chi connectivity index (χ1) is 9.19. The van der Waals surface area contributed by atoms with Gasteiger partial charge in [-0.1, -0.05) is 17.7 Å². The first-order valence-electron chi connectivity index (χ1n) is 5.86. The summed E-state index contributed by atoms with van der Waals surface area (Å²) in [5.41, 5.74) is 0.533. The van der Waals surface area contributed by atoms with Crippen LogP contribution in [-0.2, 0) is 0 Å². The van der Waals surface area contributed by atoms with Crippen LogP contribution in [0.3, 0.4) is 0 Å². The molecule has 0 aliphatic rings. The van der Waals surface area contributed by atoms with Gasteiger partial charge in [-0.2, -0.15) is 0 Å². The topological polar surface area (TPSA) is 51.2 Å². The molecule has 0 spiro atoms. The fraction of sp³-hybridized carbons (Fsp3) is 0.143. The number of pyridine rings is 1. The van der Waals surface area contributed by atoms with E-state index in [1.54, 1.807) is 42.5 Å². The Morgan fingerprint density at radius 3 is 2.63 bits per heavy atom. The number of hydrogen-bond donors (Lipinski definition) is 1. The molecule has 0 saturated carbocycles. The standard InChI is InChI=1S/C14H13ClN2O2/c1-2-19-11-8-6-10(7-9-11)14(18)17-13-5-3-4-12(15)16-13/h3-9H,2H2,1H3,(H,16,17,18). The number of halogens is 1. The molecule has 0 bridgehead atoms. The Kier molecular flexibility index (Phi) is 4.36. The Bertz CT molecular complexity index is 570. The Hall–Kier alpha value is -2.07. The summed E-state index contributed by atoms with van der Waals surface area (Å²) >= 11 is 5.75. The van der Waals surface area contributed by atoms with E-state index in [0.717, 1.165) is 5.75 Å². The van der Waals surface area contributed by atoms with Gasteiger partial charge in [0.1, 0.15) is 16.7 Å². The number of carbonyl (C=O) groups is 1. The van der Waals surface area contributed by atoms with Gasteiger partial charge in [-0.25, -0.2) is 4.98 Å². The number of anilines is 1. The Balaban J connectivity index is 2.07. The summed E-state index contributed by atoms with van der Waals surface area (Å²) in [7, 11) is 0. The van der Waals surface area contributed by atoms with Crippen LogP contribution in [0.5, 0.6) is 5.75 Å². The van der Waals surface area contributed by atoms with Gasteiger partial charge >= 0.3 is 0 Å². The summed E-state index contributed by atoms with van der Waals surface area (Å²) in [6.45, 7) is 2.50. The lowest BCUT2D eigenvalue weighted by molar-refractivity contribution is 0.102. The molecule has 5 heteroatoms. The summed E-state index contributed by atoms with van der Waals surface area (Å²) in [5, 5.41) is 3.01. The maximum absolute atomic E-state index is 12.0. The SMILES string of the molecule is CCOc1ccc(C(=O)Nc2cccc(Cl)n2)cc1. The molecule has 0 unspecified atom stereocenters. The predicted octanol–water partition coefficient (Wildman–Crippen LogP) is 3.39. The lowest BCUT2D eigenvalue weighted by Gasteiger charge is -2.06. The number of rotatable bonds is 4. The first kappa shape index (κ1) is 13.4. The minimum atomic E-state index is -0.238. The Morgan fingerprint density at radius 1 is 1.26 bits per heavy atom. The Labute approximate surface area is 116 Å². The van der Waals surface area contributed by atoms with Gasteiger partial charge in [-0.05, 0) is 43.3 Å². The van der Waals surface area contributed by atoms with Gasteiger partial charge in [0.05, 0.1) is 6.61 Å². The third-order valence-corrected chi connectivity index (χ3v) is 2.59. The highest BCUT2D eigenvalue weighted by molar-refractivity contribution is 6.29. The van der Waals surface area contributed by atoms with E-state index in [1.807, 2.05) is 6.92 Å². The van der Waals surface area contributed by atoms with E-state index in [0.29, 0.717) is 23.1 Å². The fourth-order valence-corrected chi connectivity index (χ4v) is 1.70. The van der Waals surface area contributed by atoms with Crippen LogP contribution >= 0.6 is 11.6 Å². The third-order valence-electron chi connectivity index (χ3n) is 2.38. The number of nitrogens with zero attached hydrogens (tertiary/aromatic N) is 1. The predicted molar refractivity (Wildman–Crippen MR) is 74.8 cm³/mol. The van der Waals surface area contributed by atoms with Crippen LogP contribution in [0.25, 0.3) is 0 Å². The van der Waals surface area contributed by atoms with Crippen LogP contribution in [-0.4, -0.2) is 17.5 Å². The molecule has 4 nitrogen and oxygen atoms in total. The van der Waals surface area contributed by atoms with E-state index in [1.165, 1.54) is 0 Å². The largest absolute Gasteiger partial charge is 0.494 e. The maximum Gasteiger partial charge on any atom is 0.256 e. The van der Waals surface area contributed by atoms with Gasteiger partial charge in [-0.15, -0.1) is 0 Å². The summed E-state index contributed by atoms with van der Waals surface area (Å²) in [5.74, 6) is 0.920. The van der Waals surface area contributed by atoms with Crippen molar-refractivity contribution in [3.8, 4) is 5.75 Å². The van der Waals surface area contributed by atoms with Gasteiger partial charge in [-0.3, -0.25) is 4.79 Å². The number of hydrogen-bond acceptors (Lipinski definition) is 3. The molecule has 1 aromatic carbocycles. The minimum Gasteiger partial charge on any atom is -0.494 e. The van der Waals surface area contributed by atoms with Crippen LogP contribution in [0.1, 0.15) is 17.3 Å². The van der Waals surface area contributed by atoms with Crippen molar-refractivity contribution in [2.75, 3.05) is 11.9 Å². The zero-order chi connectivity index (χ0) is 13.7. The van der Waals surface area contributed by atoms with Crippen LogP contribution in [0.2, 0.25) is 5.15 Å². The van der Waals surface area contributed by atoms with Crippen molar-refractivity contribution in [3.63, 3.8) is 0 Å². The number of ether oxygens (including phenoxy) is 1. The molecule has 1 N–H and O–H groups in total.